The molecule has 1 aromatic carbocycles. The number of thioether (sulfide) groups is 1. The summed E-state index contributed by atoms with van der Waals surface area (Å²) in [4.78, 5) is 11.7. The molecule has 0 aliphatic heterocycles. The van der Waals surface area contributed by atoms with E-state index in [-0.39, 0.29) is 0 Å². The first-order valence-corrected chi connectivity index (χ1v) is 7.17. The van der Waals surface area contributed by atoms with E-state index < -0.39 is 11.5 Å². The Morgan fingerprint density at radius 1 is 1.39 bits per heavy atom. The third-order valence-electron chi connectivity index (χ3n) is 2.99. The molecule has 3 nitrogen and oxygen atoms in total. The molecule has 1 unspecified atom stereocenters. The van der Waals surface area contributed by atoms with E-state index in [4.69, 9.17) is 0 Å². The SMILES string of the molecule is CNC(CCSC(C)C)(C(=O)O)c1ccccc1. The molecular weight excluding hydrogens is 246 g/mol. The molecule has 2 N–H and O–H groups in total. The van der Waals surface area contributed by atoms with Crippen LogP contribution in [0.1, 0.15) is 25.8 Å². The van der Waals surface area contributed by atoms with Gasteiger partial charge in [0.05, 0.1) is 0 Å². The summed E-state index contributed by atoms with van der Waals surface area (Å²) in [6, 6.07) is 9.38. The molecule has 0 saturated carbocycles. The van der Waals surface area contributed by atoms with E-state index in [0.29, 0.717) is 11.7 Å². The number of carbonyl (C=O) groups is 1. The van der Waals surface area contributed by atoms with Crippen molar-refractivity contribution in [2.45, 2.75) is 31.1 Å². The normalized spacial score (nSPS) is 14.4. The summed E-state index contributed by atoms with van der Waals surface area (Å²) in [5, 5.41) is 13.1. The predicted octanol–water partition coefficient (Wildman–Crippen LogP) is 2.72. The summed E-state index contributed by atoms with van der Waals surface area (Å²) in [6.07, 6.45) is 0.575. The third kappa shape index (κ3) is 3.50. The molecule has 0 amide bonds. The average Bonchev–Trinajstić information content (AvgIpc) is 2.35. The summed E-state index contributed by atoms with van der Waals surface area (Å²) in [5.74, 6) is 0.000218. The lowest BCUT2D eigenvalue weighted by Gasteiger charge is -2.29. The van der Waals surface area contributed by atoms with E-state index in [2.05, 4.69) is 19.2 Å². The van der Waals surface area contributed by atoms with E-state index in [1.165, 1.54) is 0 Å². The van der Waals surface area contributed by atoms with E-state index in [1.807, 2.05) is 30.3 Å². The third-order valence-corrected chi connectivity index (χ3v) is 4.09. The molecule has 1 rings (SSSR count). The van der Waals surface area contributed by atoms with Crippen LogP contribution in [0.5, 0.6) is 0 Å². The number of rotatable bonds is 7. The number of aliphatic carboxylic acids is 1. The van der Waals surface area contributed by atoms with Crippen LogP contribution in [0.2, 0.25) is 0 Å². The zero-order chi connectivity index (χ0) is 13.6. The minimum absolute atomic E-state index is 0.518. The van der Waals surface area contributed by atoms with Crippen LogP contribution in [0.4, 0.5) is 0 Å². The van der Waals surface area contributed by atoms with Crippen LogP contribution in [-0.2, 0) is 10.3 Å². The average molecular weight is 267 g/mol. The molecule has 100 valence electrons. The lowest BCUT2D eigenvalue weighted by Crippen LogP contribution is -2.47. The molecule has 1 atom stereocenters. The van der Waals surface area contributed by atoms with Crippen LogP contribution < -0.4 is 5.32 Å². The van der Waals surface area contributed by atoms with Gasteiger partial charge in [-0.2, -0.15) is 11.8 Å². The van der Waals surface area contributed by atoms with Gasteiger partial charge in [-0.25, -0.2) is 4.79 Å². The van der Waals surface area contributed by atoms with Gasteiger partial charge in [-0.1, -0.05) is 44.2 Å². The monoisotopic (exact) mass is 267 g/mol. The Morgan fingerprint density at radius 2 is 2.00 bits per heavy atom. The molecule has 0 fully saturated rings. The zero-order valence-corrected chi connectivity index (χ0v) is 12.0. The quantitative estimate of drug-likeness (QED) is 0.797. The van der Waals surface area contributed by atoms with Gasteiger partial charge in [-0.05, 0) is 30.0 Å². The first-order valence-electron chi connectivity index (χ1n) is 6.12. The highest BCUT2D eigenvalue weighted by atomic mass is 32.2. The van der Waals surface area contributed by atoms with Crippen molar-refractivity contribution >= 4 is 17.7 Å². The number of hydrogen-bond acceptors (Lipinski definition) is 3. The van der Waals surface area contributed by atoms with Crippen LogP contribution in [0.25, 0.3) is 0 Å². The largest absolute Gasteiger partial charge is 0.480 e. The first kappa shape index (κ1) is 15.1. The first-order chi connectivity index (χ1) is 8.53. The van der Waals surface area contributed by atoms with Gasteiger partial charge in [0.25, 0.3) is 0 Å². The van der Waals surface area contributed by atoms with Crippen molar-refractivity contribution in [1.82, 2.24) is 5.32 Å². The molecule has 0 bridgehead atoms. The van der Waals surface area contributed by atoms with Crippen LogP contribution >= 0.6 is 11.8 Å². The van der Waals surface area contributed by atoms with E-state index >= 15 is 0 Å². The van der Waals surface area contributed by atoms with Gasteiger partial charge in [0.2, 0.25) is 0 Å². The minimum atomic E-state index is -0.983. The van der Waals surface area contributed by atoms with Gasteiger partial charge >= 0.3 is 5.97 Å². The van der Waals surface area contributed by atoms with Crippen molar-refractivity contribution in [1.29, 1.82) is 0 Å². The Hall–Kier alpha value is -1.00. The second kappa shape index (κ2) is 6.81. The number of benzene rings is 1. The maximum atomic E-state index is 11.7. The molecular formula is C14H21NO2S. The Balaban J connectivity index is 2.92. The summed E-state index contributed by atoms with van der Waals surface area (Å²) in [6.45, 7) is 4.24. The molecule has 1 aromatic rings. The van der Waals surface area contributed by atoms with E-state index in [0.717, 1.165) is 11.3 Å². The molecule has 0 aromatic heterocycles. The predicted molar refractivity (Wildman–Crippen MR) is 77.0 cm³/mol. The second-order valence-electron chi connectivity index (χ2n) is 4.50. The molecule has 0 heterocycles. The van der Waals surface area contributed by atoms with Gasteiger partial charge in [0.15, 0.2) is 0 Å². The summed E-state index contributed by atoms with van der Waals surface area (Å²) < 4.78 is 0. The highest BCUT2D eigenvalue weighted by molar-refractivity contribution is 7.99. The molecule has 4 heteroatoms. The van der Waals surface area contributed by atoms with Crippen LogP contribution in [0.15, 0.2) is 30.3 Å². The minimum Gasteiger partial charge on any atom is -0.480 e. The van der Waals surface area contributed by atoms with E-state index in [1.54, 1.807) is 18.8 Å². The fourth-order valence-corrected chi connectivity index (χ4v) is 2.82. The Morgan fingerprint density at radius 3 is 2.44 bits per heavy atom. The lowest BCUT2D eigenvalue weighted by atomic mass is 9.87. The standard InChI is InChI=1S/C14H21NO2S/c1-11(2)18-10-9-14(15-3,13(16)17)12-7-5-4-6-8-12/h4-8,11,15H,9-10H2,1-3H3,(H,16,17). The molecule has 18 heavy (non-hydrogen) atoms. The van der Waals surface area contributed by atoms with Gasteiger partial charge in [-0.15, -0.1) is 0 Å². The van der Waals surface area contributed by atoms with Crippen molar-refractivity contribution < 1.29 is 9.90 Å². The molecule has 0 aliphatic rings. The highest BCUT2D eigenvalue weighted by Crippen LogP contribution is 2.27. The Labute approximate surface area is 113 Å². The summed E-state index contributed by atoms with van der Waals surface area (Å²) >= 11 is 1.78. The van der Waals surface area contributed by atoms with Crippen LogP contribution in [0.3, 0.4) is 0 Å². The maximum absolute atomic E-state index is 11.7. The van der Waals surface area contributed by atoms with Gasteiger partial charge in [-0.3, -0.25) is 0 Å². The van der Waals surface area contributed by atoms with E-state index in [9.17, 15) is 9.90 Å². The lowest BCUT2D eigenvalue weighted by molar-refractivity contribution is -0.145. The Kier molecular flexibility index (Phi) is 5.69. The molecule has 0 radical (unpaired) electrons. The fraction of sp³-hybridized carbons (Fsp3) is 0.500. The summed E-state index contributed by atoms with van der Waals surface area (Å²) in [5.41, 5.74) is -0.173. The fourth-order valence-electron chi connectivity index (χ4n) is 1.92. The maximum Gasteiger partial charge on any atom is 0.328 e. The number of likely N-dealkylation sites (N-methyl/N-ethyl adjacent to an activating group) is 1. The highest BCUT2D eigenvalue weighted by Gasteiger charge is 2.38. The molecule has 0 saturated heterocycles. The second-order valence-corrected chi connectivity index (χ2v) is 6.18. The van der Waals surface area contributed by atoms with Gasteiger partial charge < -0.3 is 10.4 Å². The number of nitrogens with one attached hydrogen (secondary N) is 1. The van der Waals surface area contributed by atoms with Crippen LogP contribution in [0, 0.1) is 0 Å². The van der Waals surface area contributed by atoms with Crippen molar-refractivity contribution in [3.63, 3.8) is 0 Å². The Bertz CT molecular complexity index is 381. The number of carboxylic acid groups (broad SMARTS) is 1. The van der Waals surface area contributed by atoms with Gasteiger partial charge in [0.1, 0.15) is 5.54 Å². The molecule has 0 spiro atoms. The van der Waals surface area contributed by atoms with Crippen molar-refractivity contribution in [2.24, 2.45) is 0 Å². The van der Waals surface area contributed by atoms with Crippen molar-refractivity contribution in [3.8, 4) is 0 Å². The topological polar surface area (TPSA) is 49.3 Å². The smallest absolute Gasteiger partial charge is 0.328 e. The van der Waals surface area contributed by atoms with Crippen LogP contribution in [-0.4, -0.2) is 29.1 Å². The molecule has 0 aliphatic carbocycles. The van der Waals surface area contributed by atoms with Crippen molar-refractivity contribution in [2.75, 3.05) is 12.8 Å². The summed E-state index contributed by atoms with van der Waals surface area (Å²) in [7, 11) is 1.71. The van der Waals surface area contributed by atoms with Crippen molar-refractivity contribution in [3.05, 3.63) is 35.9 Å². The van der Waals surface area contributed by atoms with Gasteiger partial charge in [0, 0.05) is 0 Å². The number of hydrogen-bond donors (Lipinski definition) is 2. The zero-order valence-electron chi connectivity index (χ0n) is 11.1. The number of carboxylic acids is 1.